The third-order valence-corrected chi connectivity index (χ3v) is 3.30. The van der Waals surface area contributed by atoms with Crippen molar-refractivity contribution in [3.8, 4) is 5.69 Å². The van der Waals surface area contributed by atoms with Gasteiger partial charge in [0, 0.05) is 16.6 Å². The summed E-state index contributed by atoms with van der Waals surface area (Å²) in [4.78, 5) is 4.22. The molecule has 0 aliphatic carbocycles. The Morgan fingerprint density at radius 2 is 2.12 bits per heavy atom. The smallest absolute Gasteiger partial charge is 0.129 e. The van der Waals surface area contributed by atoms with Crippen molar-refractivity contribution in [2.75, 3.05) is 0 Å². The van der Waals surface area contributed by atoms with Crippen LogP contribution in [-0.2, 0) is 5.33 Å². The number of rotatable bonds is 2. The van der Waals surface area contributed by atoms with Gasteiger partial charge in [-0.1, -0.05) is 22.0 Å². The van der Waals surface area contributed by atoms with Crippen LogP contribution in [0.2, 0.25) is 0 Å². The molecule has 0 saturated carbocycles. The highest BCUT2D eigenvalue weighted by atomic mass is 79.9. The van der Waals surface area contributed by atoms with Gasteiger partial charge in [-0.3, -0.25) is 0 Å². The molecule has 0 saturated heterocycles. The van der Waals surface area contributed by atoms with Crippen molar-refractivity contribution in [1.29, 1.82) is 0 Å². The molecular weight excluding hydrogens is 271 g/mol. The predicted molar refractivity (Wildman–Crippen MR) is 65.6 cm³/mol. The van der Waals surface area contributed by atoms with Crippen molar-refractivity contribution in [2.24, 2.45) is 0 Å². The van der Waals surface area contributed by atoms with E-state index in [0.717, 1.165) is 17.1 Å². The molecule has 2 nitrogen and oxygen atoms in total. The number of aryl methyl sites for hydroxylation is 1. The van der Waals surface area contributed by atoms with E-state index in [1.54, 1.807) is 12.4 Å². The van der Waals surface area contributed by atoms with E-state index in [9.17, 15) is 4.39 Å². The van der Waals surface area contributed by atoms with Gasteiger partial charge >= 0.3 is 0 Å². The van der Waals surface area contributed by atoms with Crippen LogP contribution in [0.25, 0.3) is 5.69 Å². The number of aromatic nitrogens is 2. The minimum atomic E-state index is -0.194. The zero-order valence-corrected chi connectivity index (χ0v) is 10.8. The number of hydrogen-bond acceptors (Lipinski definition) is 1. The van der Waals surface area contributed by atoms with E-state index in [1.807, 2.05) is 24.5 Å². The highest BCUT2D eigenvalue weighted by Gasteiger charge is 2.11. The molecule has 0 bridgehead atoms. The Morgan fingerprint density at radius 3 is 2.69 bits per heavy atom. The largest absolute Gasteiger partial charge is 0.303 e. The predicted octanol–water partition coefficient (Wildman–Crippen LogP) is 3.52. The summed E-state index contributed by atoms with van der Waals surface area (Å²) in [6.45, 7) is 3.92. The van der Waals surface area contributed by atoms with Gasteiger partial charge in [-0.2, -0.15) is 0 Å². The third kappa shape index (κ3) is 1.78. The molecule has 2 rings (SSSR count). The van der Waals surface area contributed by atoms with E-state index in [1.165, 1.54) is 6.07 Å². The Labute approximate surface area is 102 Å². The van der Waals surface area contributed by atoms with Crippen LogP contribution in [0.1, 0.15) is 17.0 Å². The maximum absolute atomic E-state index is 13.6. The molecule has 0 fully saturated rings. The SMILES string of the molecule is Cc1ncn(-c2cccc(F)c2CBr)c1C. The Kier molecular flexibility index (Phi) is 3.10. The van der Waals surface area contributed by atoms with Crippen molar-refractivity contribution >= 4 is 15.9 Å². The first-order valence-electron chi connectivity index (χ1n) is 4.99. The summed E-state index contributed by atoms with van der Waals surface area (Å²) in [6.07, 6.45) is 1.73. The van der Waals surface area contributed by atoms with Gasteiger partial charge in [0.1, 0.15) is 5.82 Å². The highest BCUT2D eigenvalue weighted by Crippen LogP contribution is 2.22. The molecule has 0 amide bonds. The molecule has 16 heavy (non-hydrogen) atoms. The summed E-state index contributed by atoms with van der Waals surface area (Å²) < 4.78 is 15.5. The minimum absolute atomic E-state index is 0.194. The van der Waals surface area contributed by atoms with Gasteiger partial charge in [0.05, 0.1) is 17.7 Å². The lowest BCUT2D eigenvalue weighted by molar-refractivity contribution is 0.615. The molecule has 1 heterocycles. The molecule has 84 valence electrons. The number of benzene rings is 1. The van der Waals surface area contributed by atoms with Crippen LogP contribution >= 0.6 is 15.9 Å². The summed E-state index contributed by atoms with van der Waals surface area (Å²) in [6, 6.07) is 5.08. The van der Waals surface area contributed by atoms with Gasteiger partial charge in [-0.25, -0.2) is 9.37 Å². The summed E-state index contributed by atoms with van der Waals surface area (Å²) in [7, 11) is 0. The minimum Gasteiger partial charge on any atom is -0.303 e. The van der Waals surface area contributed by atoms with Gasteiger partial charge in [0.15, 0.2) is 0 Å². The van der Waals surface area contributed by atoms with Gasteiger partial charge < -0.3 is 4.57 Å². The summed E-state index contributed by atoms with van der Waals surface area (Å²) in [5.74, 6) is -0.194. The lowest BCUT2D eigenvalue weighted by Gasteiger charge is -2.10. The monoisotopic (exact) mass is 282 g/mol. The normalized spacial score (nSPS) is 10.8. The Balaban J connectivity index is 2.64. The molecule has 0 spiro atoms. The number of alkyl halides is 1. The summed E-state index contributed by atoms with van der Waals surface area (Å²) in [5.41, 5.74) is 3.50. The van der Waals surface area contributed by atoms with Crippen LogP contribution in [0.3, 0.4) is 0 Å². The lowest BCUT2D eigenvalue weighted by Crippen LogP contribution is -2.01. The topological polar surface area (TPSA) is 17.8 Å². The molecule has 0 aliphatic rings. The number of imidazole rings is 1. The molecule has 0 N–H and O–H groups in total. The van der Waals surface area contributed by atoms with Gasteiger partial charge in [0.25, 0.3) is 0 Å². The first-order chi connectivity index (χ1) is 7.65. The van der Waals surface area contributed by atoms with E-state index in [0.29, 0.717) is 10.9 Å². The average Bonchev–Trinajstić information content (AvgIpc) is 2.59. The molecule has 0 aliphatic heterocycles. The van der Waals surface area contributed by atoms with E-state index in [-0.39, 0.29) is 5.82 Å². The highest BCUT2D eigenvalue weighted by molar-refractivity contribution is 9.08. The molecule has 2 aromatic rings. The van der Waals surface area contributed by atoms with Gasteiger partial charge in [-0.05, 0) is 26.0 Å². The van der Waals surface area contributed by atoms with Crippen molar-refractivity contribution in [3.05, 3.63) is 47.3 Å². The molecular formula is C12H12BrFN2. The van der Waals surface area contributed by atoms with E-state index < -0.39 is 0 Å². The van der Waals surface area contributed by atoms with E-state index >= 15 is 0 Å². The maximum atomic E-state index is 13.6. The molecule has 0 radical (unpaired) electrons. The third-order valence-electron chi connectivity index (χ3n) is 2.74. The Bertz CT molecular complexity index is 520. The lowest BCUT2D eigenvalue weighted by atomic mass is 10.2. The molecule has 0 unspecified atom stereocenters. The standard InChI is InChI=1S/C12H12BrFN2/c1-8-9(2)16(7-15-8)12-5-3-4-11(14)10(12)6-13/h3-5,7H,6H2,1-2H3. The fraction of sp³-hybridized carbons (Fsp3) is 0.250. The van der Waals surface area contributed by atoms with Crippen LogP contribution in [0.15, 0.2) is 24.5 Å². The van der Waals surface area contributed by atoms with Crippen LogP contribution in [0.4, 0.5) is 4.39 Å². The second-order valence-corrected chi connectivity index (χ2v) is 4.22. The van der Waals surface area contributed by atoms with Crippen LogP contribution < -0.4 is 0 Å². The fourth-order valence-electron chi connectivity index (χ4n) is 1.65. The first kappa shape index (κ1) is 11.3. The molecule has 0 atom stereocenters. The van der Waals surface area contributed by atoms with E-state index in [2.05, 4.69) is 20.9 Å². The Hall–Kier alpha value is -1.16. The van der Waals surface area contributed by atoms with Crippen molar-refractivity contribution < 1.29 is 4.39 Å². The molecule has 1 aromatic heterocycles. The second-order valence-electron chi connectivity index (χ2n) is 3.66. The second kappa shape index (κ2) is 4.37. The van der Waals surface area contributed by atoms with Gasteiger partial charge in [0.2, 0.25) is 0 Å². The first-order valence-corrected chi connectivity index (χ1v) is 6.11. The number of hydrogen-bond donors (Lipinski definition) is 0. The number of halogens is 2. The van der Waals surface area contributed by atoms with Crippen molar-refractivity contribution in [3.63, 3.8) is 0 Å². The molecule has 1 aromatic carbocycles. The average molecular weight is 283 g/mol. The zero-order chi connectivity index (χ0) is 11.7. The quantitative estimate of drug-likeness (QED) is 0.771. The summed E-state index contributed by atoms with van der Waals surface area (Å²) in [5, 5.41) is 0.492. The maximum Gasteiger partial charge on any atom is 0.129 e. The van der Waals surface area contributed by atoms with Crippen LogP contribution in [-0.4, -0.2) is 9.55 Å². The van der Waals surface area contributed by atoms with Crippen molar-refractivity contribution in [2.45, 2.75) is 19.2 Å². The zero-order valence-electron chi connectivity index (χ0n) is 9.17. The number of nitrogens with zero attached hydrogens (tertiary/aromatic N) is 2. The van der Waals surface area contributed by atoms with Crippen LogP contribution in [0.5, 0.6) is 0 Å². The van der Waals surface area contributed by atoms with Crippen LogP contribution in [0, 0.1) is 19.7 Å². The fourth-order valence-corrected chi connectivity index (χ4v) is 2.20. The molecule has 4 heteroatoms. The Morgan fingerprint density at radius 1 is 1.38 bits per heavy atom. The van der Waals surface area contributed by atoms with Crippen molar-refractivity contribution in [1.82, 2.24) is 9.55 Å². The van der Waals surface area contributed by atoms with E-state index in [4.69, 9.17) is 0 Å². The summed E-state index contributed by atoms with van der Waals surface area (Å²) >= 11 is 3.31. The van der Waals surface area contributed by atoms with Gasteiger partial charge in [-0.15, -0.1) is 0 Å².